The number of nitrogens with two attached hydrogens (primary N) is 1. The predicted molar refractivity (Wildman–Crippen MR) is 130 cm³/mol. The number of carbonyl (C=O) groups is 3. The molecule has 0 saturated carbocycles. The van der Waals surface area contributed by atoms with Crippen molar-refractivity contribution >= 4 is 67.1 Å². The zero-order chi connectivity index (χ0) is 24.3. The average molecular weight is 581 g/mol. The maximum Gasteiger partial charge on any atom is 0.335 e. The van der Waals surface area contributed by atoms with E-state index in [1.807, 2.05) is 0 Å². The number of anilines is 1. The summed E-state index contributed by atoms with van der Waals surface area (Å²) in [6, 6.07) is 7.53. The summed E-state index contributed by atoms with van der Waals surface area (Å²) in [6.45, 7) is 3.52. The number of hydrazone groups is 1. The standard InChI is InChI=1S/C22H19Br2N3O6/c1-3-32-16-9-13(18(23)19(24)20(16)33-10-17(25)28)8-15-11(2)26-27(21(15)29)14-6-4-12(5-7-14)22(30)31/h4-9H,3,10H2,1-2H3,(H2,25,28)(H,30,31). The lowest BCUT2D eigenvalue weighted by Gasteiger charge is -2.16. The van der Waals surface area contributed by atoms with Crippen LogP contribution in [0.2, 0.25) is 0 Å². The summed E-state index contributed by atoms with van der Waals surface area (Å²) in [5.74, 6) is -1.40. The van der Waals surface area contributed by atoms with Crippen molar-refractivity contribution in [3.8, 4) is 11.5 Å². The maximum absolute atomic E-state index is 13.1. The topological polar surface area (TPSA) is 132 Å². The number of carboxylic acids is 1. The van der Waals surface area contributed by atoms with Crippen LogP contribution in [0.25, 0.3) is 6.08 Å². The highest BCUT2D eigenvalue weighted by Gasteiger charge is 2.29. The number of primary amides is 1. The van der Waals surface area contributed by atoms with E-state index >= 15 is 0 Å². The highest BCUT2D eigenvalue weighted by atomic mass is 79.9. The van der Waals surface area contributed by atoms with Gasteiger partial charge in [0.2, 0.25) is 0 Å². The molecule has 2 aromatic rings. The molecule has 0 fully saturated rings. The molecule has 0 spiro atoms. The fourth-order valence-corrected chi connectivity index (χ4v) is 3.96. The molecule has 0 radical (unpaired) electrons. The van der Waals surface area contributed by atoms with Crippen LogP contribution < -0.4 is 20.2 Å². The maximum atomic E-state index is 13.1. The van der Waals surface area contributed by atoms with E-state index in [1.54, 1.807) is 26.0 Å². The van der Waals surface area contributed by atoms with Gasteiger partial charge in [-0.15, -0.1) is 0 Å². The first kappa shape index (κ1) is 24.5. The van der Waals surface area contributed by atoms with Crippen molar-refractivity contribution in [2.75, 3.05) is 18.2 Å². The number of hydrogen-bond acceptors (Lipinski definition) is 6. The summed E-state index contributed by atoms with van der Waals surface area (Å²) in [5, 5.41) is 14.6. The molecule has 3 rings (SSSR count). The van der Waals surface area contributed by atoms with Gasteiger partial charge in [-0.05, 0) is 87.7 Å². The van der Waals surface area contributed by atoms with E-state index in [-0.39, 0.29) is 18.1 Å². The third kappa shape index (κ3) is 5.25. The van der Waals surface area contributed by atoms with Crippen LogP contribution in [0.3, 0.4) is 0 Å². The highest BCUT2D eigenvalue weighted by Crippen LogP contribution is 2.44. The van der Waals surface area contributed by atoms with Gasteiger partial charge >= 0.3 is 5.97 Å². The SMILES string of the molecule is CCOc1cc(C=C2C(=O)N(c3ccc(C(=O)O)cc3)N=C2C)c(Br)c(Br)c1OCC(N)=O. The van der Waals surface area contributed by atoms with Crippen molar-refractivity contribution in [2.24, 2.45) is 10.8 Å². The normalized spacial score (nSPS) is 14.4. The first-order chi connectivity index (χ1) is 15.6. The monoisotopic (exact) mass is 579 g/mol. The van der Waals surface area contributed by atoms with E-state index in [0.717, 1.165) is 0 Å². The summed E-state index contributed by atoms with van der Waals surface area (Å²) in [5.41, 5.74) is 7.17. The van der Waals surface area contributed by atoms with Crippen molar-refractivity contribution in [2.45, 2.75) is 13.8 Å². The van der Waals surface area contributed by atoms with Crippen LogP contribution in [0.1, 0.15) is 29.8 Å². The van der Waals surface area contributed by atoms with Crippen LogP contribution in [0.15, 0.2) is 50.0 Å². The Labute approximate surface area is 206 Å². The van der Waals surface area contributed by atoms with Gasteiger partial charge in [-0.25, -0.2) is 4.79 Å². The molecule has 1 heterocycles. The molecule has 2 aromatic carbocycles. The van der Waals surface area contributed by atoms with E-state index in [0.29, 0.717) is 49.6 Å². The Balaban J connectivity index is 1.98. The molecule has 1 aliphatic rings. The minimum Gasteiger partial charge on any atom is -0.490 e. The number of ether oxygens (including phenoxy) is 2. The minimum absolute atomic E-state index is 0.109. The average Bonchev–Trinajstić information content (AvgIpc) is 3.05. The zero-order valence-corrected chi connectivity index (χ0v) is 20.8. The lowest BCUT2D eigenvalue weighted by atomic mass is 10.1. The first-order valence-corrected chi connectivity index (χ1v) is 11.2. The number of carbonyl (C=O) groups excluding carboxylic acids is 2. The van der Waals surface area contributed by atoms with Gasteiger partial charge in [0, 0.05) is 4.47 Å². The van der Waals surface area contributed by atoms with E-state index in [4.69, 9.17) is 20.3 Å². The van der Waals surface area contributed by atoms with Gasteiger partial charge < -0.3 is 20.3 Å². The second kappa shape index (κ2) is 10.2. The molecule has 172 valence electrons. The summed E-state index contributed by atoms with van der Waals surface area (Å²) < 4.78 is 12.2. The van der Waals surface area contributed by atoms with Crippen LogP contribution in [0, 0.1) is 0 Å². The van der Waals surface area contributed by atoms with Gasteiger partial charge in [0.25, 0.3) is 11.8 Å². The van der Waals surface area contributed by atoms with Crippen LogP contribution in [-0.2, 0) is 9.59 Å². The Hall–Kier alpha value is -3.18. The van der Waals surface area contributed by atoms with Crippen LogP contribution in [0.5, 0.6) is 11.5 Å². The van der Waals surface area contributed by atoms with E-state index in [1.165, 1.54) is 29.3 Å². The first-order valence-electron chi connectivity index (χ1n) is 9.65. The molecule has 0 saturated heterocycles. The molecule has 33 heavy (non-hydrogen) atoms. The van der Waals surface area contributed by atoms with Crippen molar-refractivity contribution in [1.82, 2.24) is 0 Å². The molecule has 0 unspecified atom stereocenters. The Morgan fingerprint density at radius 1 is 1.18 bits per heavy atom. The van der Waals surface area contributed by atoms with Crippen LogP contribution in [0.4, 0.5) is 5.69 Å². The Kier molecular flexibility index (Phi) is 7.54. The molecule has 0 bridgehead atoms. The van der Waals surface area contributed by atoms with Gasteiger partial charge in [0.05, 0.1) is 33.6 Å². The number of nitrogens with zero attached hydrogens (tertiary/aromatic N) is 2. The quantitative estimate of drug-likeness (QED) is 0.454. The molecule has 0 aliphatic carbocycles. The zero-order valence-electron chi connectivity index (χ0n) is 17.6. The molecule has 0 aromatic heterocycles. The van der Waals surface area contributed by atoms with Gasteiger partial charge in [-0.2, -0.15) is 10.1 Å². The molecule has 3 N–H and O–H groups in total. The Bertz CT molecular complexity index is 1190. The fraction of sp³-hybridized carbons (Fsp3) is 0.182. The number of amides is 2. The largest absolute Gasteiger partial charge is 0.490 e. The number of rotatable bonds is 8. The fourth-order valence-electron chi connectivity index (χ4n) is 3.01. The predicted octanol–water partition coefficient (Wildman–Crippen LogP) is 3.98. The number of hydrogen-bond donors (Lipinski definition) is 2. The summed E-state index contributed by atoms with van der Waals surface area (Å²) in [7, 11) is 0. The van der Waals surface area contributed by atoms with E-state index in [2.05, 4.69) is 37.0 Å². The van der Waals surface area contributed by atoms with Crippen molar-refractivity contribution in [1.29, 1.82) is 0 Å². The summed E-state index contributed by atoms with van der Waals surface area (Å²) in [6.07, 6.45) is 1.65. The summed E-state index contributed by atoms with van der Waals surface area (Å²) >= 11 is 6.93. The second-order valence-corrected chi connectivity index (χ2v) is 8.41. The number of carboxylic acid groups (broad SMARTS) is 1. The van der Waals surface area contributed by atoms with Crippen molar-refractivity contribution in [3.05, 3.63) is 56.0 Å². The lowest BCUT2D eigenvalue weighted by molar-refractivity contribution is -0.120. The molecule has 11 heteroatoms. The second-order valence-electron chi connectivity index (χ2n) is 6.82. The van der Waals surface area contributed by atoms with Gasteiger partial charge in [0.1, 0.15) is 0 Å². The van der Waals surface area contributed by atoms with Crippen molar-refractivity contribution in [3.63, 3.8) is 0 Å². The van der Waals surface area contributed by atoms with E-state index < -0.39 is 11.9 Å². The highest BCUT2D eigenvalue weighted by molar-refractivity contribution is 9.13. The number of halogens is 2. The third-order valence-electron chi connectivity index (χ3n) is 4.54. The van der Waals surface area contributed by atoms with E-state index in [9.17, 15) is 14.4 Å². The minimum atomic E-state index is -1.06. The van der Waals surface area contributed by atoms with Gasteiger partial charge in [-0.1, -0.05) is 0 Å². The molecule has 9 nitrogen and oxygen atoms in total. The lowest BCUT2D eigenvalue weighted by Crippen LogP contribution is -2.21. The molecule has 1 aliphatic heterocycles. The van der Waals surface area contributed by atoms with Crippen LogP contribution in [-0.4, -0.2) is 41.8 Å². The van der Waals surface area contributed by atoms with Gasteiger partial charge in [0.15, 0.2) is 18.1 Å². The summed E-state index contributed by atoms with van der Waals surface area (Å²) in [4.78, 5) is 35.3. The molecular formula is C22H19Br2N3O6. The van der Waals surface area contributed by atoms with Gasteiger partial charge in [-0.3, -0.25) is 9.59 Å². The number of aromatic carboxylic acids is 1. The smallest absolute Gasteiger partial charge is 0.335 e. The molecular weight excluding hydrogens is 562 g/mol. The van der Waals surface area contributed by atoms with Crippen LogP contribution >= 0.6 is 31.9 Å². The number of benzene rings is 2. The molecule has 0 atom stereocenters. The molecule has 2 amide bonds. The third-order valence-corrected chi connectivity index (χ3v) is 6.68. The van der Waals surface area contributed by atoms with Crippen molar-refractivity contribution < 1.29 is 29.0 Å². The Morgan fingerprint density at radius 2 is 1.85 bits per heavy atom. The Morgan fingerprint density at radius 3 is 2.42 bits per heavy atom.